The molecule has 0 aliphatic heterocycles. The molecular weight excluding hydrogens is 272 g/mol. The number of ether oxygens (including phenoxy) is 1. The third kappa shape index (κ3) is 5.85. The Balaban J connectivity index is 2.74. The van der Waals surface area contributed by atoms with Crippen molar-refractivity contribution in [2.75, 3.05) is 0 Å². The second-order valence-electron chi connectivity index (χ2n) is 5.84. The van der Waals surface area contributed by atoms with E-state index in [1.54, 1.807) is 12.5 Å². The minimum absolute atomic E-state index is 0.227. The Bertz CT molecular complexity index is 491. The molecule has 118 valence electrons. The monoisotopic (exact) mass is 296 g/mol. The van der Waals surface area contributed by atoms with E-state index in [0.29, 0.717) is 13.0 Å². The maximum absolute atomic E-state index is 11.9. The third-order valence-corrected chi connectivity index (χ3v) is 2.80. The summed E-state index contributed by atoms with van der Waals surface area (Å²) < 4.78 is 7.07. The second kappa shape index (κ2) is 7.10. The molecule has 0 bridgehead atoms. The van der Waals surface area contributed by atoms with Gasteiger partial charge >= 0.3 is 6.09 Å². The SMILES string of the molecule is CC[C@@H](NC(=O)OC(C)(C)C)c1cncn1CCC(N)=O. The van der Waals surface area contributed by atoms with Crippen molar-refractivity contribution < 1.29 is 14.3 Å². The van der Waals surface area contributed by atoms with Gasteiger partial charge in [-0.15, -0.1) is 0 Å². The zero-order valence-corrected chi connectivity index (χ0v) is 13.0. The number of hydrogen-bond donors (Lipinski definition) is 2. The van der Waals surface area contributed by atoms with Crippen LogP contribution in [0.15, 0.2) is 12.5 Å². The van der Waals surface area contributed by atoms with E-state index < -0.39 is 11.7 Å². The van der Waals surface area contributed by atoms with Gasteiger partial charge in [-0.3, -0.25) is 4.79 Å². The summed E-state index contributed by atoms with van der Waals surface area (Å²) in [5.41, 5.74) is 5.43. The average Bonchev–Trinajstić information content (AvgIpc) is 2.79. The molecule has 1 aromatic heterocycles. The molecule has 1 rings (SSSR count). The number of aryl methyl sites for hydroxylation is 1. The molecule has 1 aromatic rings. The van der Waals surface area contributed by atoms with Crippen molar-refractivity contribution in [3.05, 3.63) is 18.2 Å². The van der Waals surface area contributed by atoms with Crippen LogP contribution < -0.4 is 11.1 Å². The van der Waals surface area contributed by atoms with Gasteiger partial charge in [0.2, 0.25) is 5.91 Å². The summed E-state index contributed by atoms with van der Waals surface area (Å²) in [7, 11) is 0. The van der Waals surface area contributed by atoms with Crippen LogP contribution in [0.3, 0.4) is 0 Å². The zero-order valence-electron chi connectivity index (χ0n) is 13.0. The lowest BCUT2D eigenvalue weighted by atomic mass is 10.1. The number of imidazole rings is 1. The first-order valence-electron chi connectivity index (χ1n) is 7.00. The third-order valence-electron chi connectivity index (χ3n) is 2.80. The van der Waals surface area contributed by atoms with E-state index in [-0.39, 0.29) is 18.4 Å². The van der Waals surface area contributed by atoms with E-state index in [0.717, 1.165) is 5.69 Å². The Kier molecular flexibility index (Phi) is 5.75. The Hall–Kier alpha value is -2.05. The molecule has 0 spiro atoms. The molecule has 0 aliphatic rings. The summed E-state index contributed by atoms with van der Waals surface area (Å²) >= 11 is 0. The van der Waals surface area contributed by atoms with Crippen molar-refractivity contribution in [2.45, 2.75) is 58.7 Å². The summed E-state index contributed by atoms with van der Waals surface area (Å²) in [5.74, 6) is -0.372. The van der Waals surface area contributed by atoms with Crippen molar-refractivity contribution in [1.82, 2.24) is 14.9 Å². The lowest BCUT2D eigenvalue weighted by Crippen LogP contribution is -2.35. The van der Waals surface area contributed by atoms with Crippen LogP contribution >= 0.6 is 0 Å². The summed E-state index contributed by atoms with van der Waals surface area (Å²) in [4.78, 5) is 26.8. The zero-order chi connectivity index (χ0) is 16.0. The first-order chi connectivity index (χ1) is 9.73. The molecule has 7 nitrogen and oxygen atoms in total. The van der Waals surface area contributed by atoms with Crippen molar-refractivity contribution >= 4 is 12.0 Å². The number of hydrogen-bond acceptors (Lipinski definition) is 4. The van der Waals surface area contributed by atoms with Gasteiger partial charge in [-0.2, -0.15) is 0 Å². The number of nitrogens with two attached hydrogens (primary N) is 1. The van der Waals surface area contributed by atoms with Crippen molar-refractivity contribution in [3.8, 4) is 0 Å². The quantitative estimate of drug-likeness (QED) is 0.835. The molecule has 3 N–H and O–H groups in total. The molecule has 0 aromatic carbocycles. The van der Waals surface area contributed by atoms with Crippen LogP contribution in [-0.2, 0) is 16.1 Å². The number of alkyl carbamates (subject to hydrolysis) is 1. The first-order valence-corrected chi connectivity index (χ1v) is 7.00. The van der Waals surface area contributed by atoms with E-state index >= 15 is 0 Å². The average molecular weight is 296 g/mol. The van der Waals surface area contributed by atoms with Gasteiger partial charge in [0.1, 0.15) is 5.60 Å². The molecule has 7 heteroatoms. The molecule has 1 heterocycles. The van der Waals surface area contributed by atoms with E-state index in [9.17, 15) is 9.59 Å². The van der Waals surface area contributed by atoms with E-state index in [1.807, 2.05) is 32.3 Å². The number of rotatable bonds is 6. The van der Waals surface area contributed by atoms with Crippen molar-refractivity contribution in [1.29, 1.82) is 0 Å². The number of amides is 2. The number of nitrogens with zero attached hydrogens (tertiary/aromatic N) is 2. The Morgan fingerprint density at radius 3 is 2.67 bits per heavy atom. The van der Waals surface area contributed by atoms with Gasteiger partial charge in [-0.05, 0) is 27.2 Å². The molecule has 21 heavy (non-hydrogen) atoms. The van der Waals surface area contributed by atoms with Gasteiger partial charge in [-0.1, -0.05) is 6.92 Å². The number of carbonyl (C=O) groups is 2. The van der Waals surface area contributed by atoms with Gasteiger partial charge in [0.15, 0.2) is 0 Å². The molecule has 1 atom stereocenters. The molecule has 0 radical (unpaired) electrons. The molecule has 0 saturated heterocycles. The topological polar surface area (TPSA) is 99.2 Å². The van der Waals surface area contributed by atoms with Crippen LogP contribution in [0.4, 0.5) is 4.79 Å². The highest BCUT2D eigenvalue weighted by Crippen LogP contribution is 2.18. The highest BCUT2D eigenvalue weighted by molar-refractivity contribution is 5.73. The van der Waals surface area contributed by atoms with E-state index in [1.165, 1.54) is 0 Å². The standard InChI is InChI=1S/C14H24N4O3/c1-5-10(17-13(20)21-14(2,3)4)11-8-16-9-18(11)7-6-12(15)19/h8-10H,5-7H2,1-4H3,(H2,15,19)(H,17,20)/t10-/m1/s1. The minimum atomic E-state index is -0.547. The van der Waals surface area contributed by atoms with Gasteiger partial charge < -0.3 is 20.4 Å². The number of carbonyl (C=O) groups excluding carboxylic acids is 2. The van der Waals surface area contributed by atoms with Crippen LogP contribution in [-0.4, -0.2) is 27.2 Å². The predicted molar refractivity (Wildman–Crippen MR) is 78.4 cm³/mol. The van der Waals surface area contributed by atoms with Crippen LogP contribution in [0.1, 0.15) is 52.3 Å². The fourth-order valence-electron chi connectivity index (χ4n) is 1.87. The van der Waals surface area contributed by atoms with Crippen molar-refractivity contribution in [2.24, 2.45) is 5.73 Å². The normalized spacial score (nSPS) is 12.8. The minimum Gasteiger partial charge on any atom is -0.444 e. The lowest BCUT2D eigenvalue weighted by molar-refractivity contribution is -0.118. The fraction of sp³-hybridized carbons (Fsp3) is 0.643. The molecule has 0 saturated carbocycles. The van der Waals surface area contributed by atoms with Gasteiger partial charge in [0.05, 0.1) is 24.3 Å². The largest absolute Gasteiger partial charge is 0.444 e. The first kappa shape index (κ1) is 17.0. The molecule has 0 unspecified atom stereocenters. The Morgan fingerprint density at radius 1 is 1.48 bits per heavy atom. The number of aromatic nitrogens is 2. The molecule has 2 amide bonds. The van der Waals surface area contributed by atoms with E-state index in [4.69, 9.17) is 10.5 Å². The van der Waals surface area contributed by atoms with Gasteiger partial charge in [-0.25, -0.2) is 9.78 Å². The maximum Gasteiger partial charge on any atom is 0.408 e. The van der Waals surface area contributed by atoms with Crippen molar-refractivity contribution in [3.63, 3.8) is 0 Å². The highest BCUT2D eigenvalue weighted by atomic mass is 16.6. The molecule has 0 aliphatic carbocycles. The van der Waals surface area contributed by atoms with Crippen LogP contribution in [0.25, 0.3) is 0 Å². The molecule has 0 fully saturated rings. The highest BCUT2D eigenvalue weighted by Gasteiger charge is 2.21. The number of primary amides is 1. The molecular formula is C14H24N4O3. The Morgan fingerprint density at radius 2 is 2.14 bits per heavy atom. The smallest absolute Gasteiger partial charge is 0.408 e. The second-order valence-corrected chi connectivity index (χ2v) is 5.84. The van der Waals surface area contributed by atoms with Gasteiger partial charge in [0.25, 0.3) is 0 Å². The predicted octanol–water partition coefficient (Wildman–Crippen LogP) is 1.73. The summed E-state index contributed by atoms with van der Waals surface area (Å²) in [5, 5.41) is 2.82. The Labute approximate surface area is 124 Å². The lowest BCUT2D eigenvalue weighted by Gasteiger charge is -2.23. The van der Waals surface area contributed by atoms with Gasteiger partial charge in [0, 0.05) is 13.0 Å². The summed E-state index contributed by atoms with van der Waals surface area (Å²) in [6, 6.07) is -0.227. The van der Waals surface area contributed by atoms with Crippen LogP contribution in [0.5, 0.6) is 0 Å². The fourth-order valence-corrected chi connectivity index (χ4v) is 1.87. The van der Waals surface area contributed by atoms with Crippen LogP contribution in [0.2, 0.25) is 0 Å². The maximum atomic E-state index is 11.9. The summed E-state index contributed by atoms with van der Waals surface area (Å²) in [6.07, 6.45) is 3.73. The van der Waals surface area contributed by atoms with E-state index in [2.05, 4.69) is 10.3 Å². The van der Waals surface area contributed by atoms with Crippen LogP contribution in [0, 0.1) is 0 Å². The number of nitrogens with one attached hydrogen (secondary N) is 1. The summed E-state index contributed by atoms with van der Waals surface area (Å²) in [6.45, 7) is 7.82.